The molecule has 1 aliphatic heterocycles. The normalized spacial score (nSPS) is 16.5. The number of aromatic nitrogens is 4. The maximum atomic E-state index is 14.2. The Kier molecular flexibility index (Phi) is 6.20. The molecule has 2 aromatic heterocycles. The van der Waals surface area contributed by atoms with Crippen molar-refractivity contribution in [3.8, 4) is 0 Å². The second kappa shape index (κ2) is 9.00. The van der Waals surface area contributed by atoms with Crippen molar-refractivity contribution < 1.29 is 4.39 Å². The van der Waals surface area contributed by atoms with Crippen molar-refractivity contribution >= 4 is 17.0 Å². The molecule has 4 rings (SSSR count). The summed E-state index contributed by atoms with van der Waals surface area (Å²) in [5.41, 5.74) is 0.690. The zero-order valence-electron chi connectivity index (χ0n) is 16.9. The van der Waals surface area contributed by atoms with Crippen molar-refractivity contribution in [1.29, 1.82) is 0 Å². The first-order valence-electron chi connectivity index (χ1n) is 10.1. The minimum atomic E-state index is -0.153. The molecular weight excluding hydrogens is 387 g/mol. The van der Waals surface area contributed by atoms with E-state index in [0.29, 0.717) is 18.2 Å². The van der Waals surface area contributed by atoms with Gasteiger partial charge in [0.1, 0.15) is 5.82 Å². The van der Waals surface area contributed by atoms with Gasteiger partial charge in [0, 0.05) is 31.1 Å². The molecule has 0 N–H and O–H groups in total. The van der Waals surface area contributed by atoms with Crippen LogP contribution in [0, 0.1) is 11.7 Å². The molecule has 1 saturated heterocycles. The summed E-state index contributed by atoms with van der Waals surface area (Å²) in [6.07, 6.45) is 0.991. The molecule has 0 spiro atoms. The highest BCUT2D eigenvalue weighted by Gasteiger charge is 2.30. The van der Waals surface area contributed by atoms with E-state index in [4.69, 9.17) is 0 Å². The van der Waals surface area contributed by atoms with E-state index in [-0.39, 0.29) is 11.9 Å². The van der Waals surface area contributed by atoms with Crippen molar-refractivity contribution in [1.82, 2.24) is 25.1 Å². The second-order valence-corrected chi connectivity index (χ2v) is 8.93. The van der Waals surface area contributed by atoms with Crippen molar-refractivity contribution in [3.05, 3.63) is 58.3 Å². The molecule has 3 heterocycles. The number of thiophene rings is 1. The molecule has 8 heteroatoms. The number of piperazine rings is 1. The molecule has 6 nitrogen and oxygen atoms in total. The smallest absolute Gasteiger partial charge is 0.168 e. The van der Waals surface area contributed by atoms with Crippen LogP contribution >= 0.6 is 11.3 Å². The van der Waals surface area contributed by atoms with Crippen LogP contribution in [0.4, 0.5) is 10.1 Å². The zero-order valence-corrected chi connectivity index (χ0v) is 17.7. The third-order valence-corrected chi connectivity index (χ3v) is 6.25. The number of anilines is 1. The molecule has 0 aliphatic carbocycles. The maximum absolute atomic E-state index is 14.2. The molecule has 0 amide bonds. The van der Waals surface area contributed by atoms with Crippen LogP contribution in [0.25, 0.3) is 0 Å². The third kappa shape index (κ3) is 4.64. The van der Waals surface area contributed by atoms with E-state index in [1.54, 1.807) is 17.4 Å². The van der Waals surface area contributed by atoms with E-state index in [1.165, 1.54) is 10.9 Å². The van der Waals surface area contributed by atoms with Gasteiger partial charge in [0.25, 0.3) is 0 Å². The summed E-state index contributed by atoms with van der Waals surface area (Å²) in [5.74, 6) is 1.29. The summed E-state index contributed by atoms with van der Waals surface area (Å²) in [4.78, 5) is 5.83. The third-order valence-electron chi connectivity index (χ3n) is 5.39. The van der Waals surface area contributed by atoms with Gasteiger partial charge in [0.2, 0.25) is 0 Å². The highest BCUT2D eigenvalue weighted by atomic mass is 32.1. The van der Waals surface area contributed by atoms with E-state index in [0.717, 1.165) is 38.4 Å². The lowest BCUT2D eigenvalue weighted by Crippen LogP contribution is -2.48. The standard InChI is InChI=1S/C21H27FN6S/c1-16(2)14-20(21-23-24-25-28(21)15-17-6-5-13-29-17)27-11-9-26(10-12-27)19-8-4-3-7-18(19)22/h3-8,13,16,20H,9-12,14-15H2,1-2H3/t20-/m1/s1. The molecule has 0 unspecified atom stereocenters. The molecule has 154 valence electrons. The predicted octanol–water partition coefficient (Wildman–Crippen LogP) is 3.83. The minimum Gasteiger partial charge on any atom is -0.367 e. The van der Waals surface area contributed by atoms with Crippen LogP contribution in [-0.2, 0) is 6.54 Å². The molecule has 1 atom stereocenters. The van der Waals surface area contributed by atoms with Gasteiger partial charge >= 0.3 is 0 Å². The lowest BCUT2D eigenvalue weighted by molar-refractivity contribution is 0.153. The van der Waals surface area contributed by atoms with Gasteiger partial charge in [-0.15, -0.1) is 16.4 Å². The summed E-state index contributed by atoms with van der Waals surface area (Å²) >= 11 is 1.72. The van der Waals surface area contributed by atoms with Gasteiger partial charge in [0.05, 0.1) is 18.3 Å². The van der Waals surface area contributed by atoms with Crippen LogP contribution < -0.4 is 4.90 Å². The Hall–Kier alpha value is -2.32. The van der Waals surface area contributed by atoms with Crippen LogP contribution in [0.3, 0.4) is 0 Å². The Labute approximate surface area is 174 Å². The van der Waals surface area contributed by atoms with Crippen molar-refractivity contribution in [2.45, 2.75) is 32.9 Å². The van der Waals surface area contributed by atoms with Crippen LogP contribution in [0.2, 0.25) is 0 Å². The van der Waals surface area contributed by atoms with Crippen LogP contribution in [0.15, 0.2) is 41.8 Å². The zero-order chi connectivity index (χ0) is 20.2. The highest BCUT2D eigenvalue weighted by molar-refractivity contribution is 7.09. The quantitative estimate of drug-likeness (QED) is 0.588. The lowest BCUT2D eigenvalue weighted by atomic mass is 10.0. The van der Waals surface area contributed by atoms with E-state index in [9.17, 15) is 4.39 Å². The van der Waals surface area contributed by atoms with Crippen molar-refractivity contribution in [2.24, 2.45) is 5.92 Å². The summed E-state index contributed by atoms with van der Waals surface area (Å²) in [5, 5.41) is 14.7. The number of hydrogen-bond donors (Lipinski definition) is 0. The fourth-order valence-corrected chi connectivity index (χ4v) is 4.65. The molecule has 0 bridgehead atoms. The summed E-state index contributed by atoms with van der Waals surface area (Å²) in [7, 11) is 0. The fourth-order valence-electron chi connectivity index (χ4n) is 3.96. The van der Waals surface area contributed by atoms with E-state index < -0.39 is 0 Å². The number of hydrogen-bond acceptors (Lipinski definition) is 6. The van der Waals surface area contributed by atoms with Crippen LogP contribution in [-0.4, -0.2) is 51.3 Å². The van der Waals surface area contributed by atoms with Crippen LogP contribution in [0.5, 0.6) is 0 Å². The first-order valence-corrected chi connectivity index (χ1v) is 11.0. The first-order chi connectivity index (χ1) is 14.1. The number of benzene rings is 1. The van der Waals surface area contributed by atoms with Gasteiger partial charge in [-0.05, 0) is 46.3 Å². The fraction of sp³-hybridized carbons (Fsp3) is 0.476. The number of tetrazole rings is 1. The van der Waals surface area contributed by atoms with Gasteiger partial charge in [-0.3, -0.25) is 4.90 Å². The van der Waals surface area contributed by atoms with Gasteiger partial charge in [-0.25, -0.2) is 9.07 Å². The number of para-hydroxylation sites is 1. The van der Waals surface area contributed by atoms with Gasteiger partial charge in [-0.1, -0.05) is 32.0 Å². The van der Waals surface area contributed by atoms with Crippen molar-refractivity contribution in [3.63, 3.8) is 0 Å². The van der Waals surface area contributed by atoms with Gasteiger partial charge < -0.3 is 4.90 Å². The van der Waals surface area contributed by atoms with E-state index in [2.05, 4.69) is 56.7 Å². The number of halogens is 1. The molecule has 1 fully saturated rings. The minimum absolute atomic E-state index is 0.153. The predicted molar refractivity (Wildman–Crippen MR) is 114 cm³/mol. The number of rotatable bonds is 7. The Morgan fingerprint density at radius 3 is 2.55 bits per heavy atom. The summed E-state index contributed by atoms with van der Waals surface area (Å²) in [6, 6.07) is 11.3. The largest absolute Gasteiger partial charge is 0.367 e. The Balaban J connectivity index is 1.50. The molecule has 1 aromatic carbocycles. The second-order valence-electron chi connectivity index (χ2n) is 7.89. The van der Waals surface area contributed by atoms with Crippen molar-refractivity contribution in [2.75, 3.05) is 31.1 Å². The SMILES string of the molecule is CC(C)C[C@H](c1nnnn1Cc1cccs1)N1CCN(c2ccccc2F)CC1. The summed E-state index contributed by atoms with van der Waals surface area (Å²) in [6.45, 7) is 8.47. The lowest BCUT2D eigenvalue weighted by Gasteiger charge is -2.40. The molecule has 1 aliphatic rings. The Bertz CT molecular complexity index is 902. The van der Waals surface area contributed by atoms with E-state index >= 15 is 0 Å². The molecule has 0 saturated carbocycles. The maximum Gasteiger partial charge on any atom is 0.168 e. The topological polar surface area (TPSA) is 50.1 Å². The molecule has 3 aromatic rings. The molecular formula is C21H27FN6S. The summed E-state index contributed by atoms with van der Waals surface area (Å²) < 4.78 is 16.1. The van der Waals surface area contributed by atoms with Crippen LogP contribution in [0.1, 0.15) is 37.0 Å². The first kappa shape index (κ1) is 20.0. The Morgan fingerprint density at radius 1 is 1.07 bits per heavy atom. The van der Waals surface area contributed by atoms with E-state index in [1.807, 2.05) is 16.8 Å². The average molecular weight is 415 g/mol. The highest BCUT2D eigenvalue weighted by Crippen LogP contribution is 2.29. The number of nitrogens with zero attached hydrogens (tertiary/aromatic N) is 6. The molecule has 0 radical (unpaired) electrons. The monoisotopic (exact) mass is 414 g/mol. The molecule has 29 heavy (non-hydrogen) atoms. The average Bonchev–Trinajstić information content (AvgIpc) is 3.39. The van der Waals surface area contributed by atoms with Gasteiger partial charge in [0.15, 0.2) is 5.82 Å². The Morgan fingerprint density at radius 2 is 1.86 bits per heavy atom. The van der Waals surface area contributed by atoms with Gasteiger partial charge in [-0.2, -0.15) is 0 Å².